The molecule has 0 saturated heterocycles. The fourth-order valence-electron chi connectivity index (χ4n) is 3.71. The number of esters is 1. The summed E-state index contributed by atoms with van der Waals surface area (Å²) in [5, 5.41) is 11.2. The summed E-state index contributed by atoms with van der Waals surface area (Å²) < 4.78 is 52.0. The Morgan fingerprint density at radius 2 is 1.70 bits per heavy atom. The molecule has 190 valence electrons. The van der Waals surface area contributed by atoms with Crippen LogP contribution in [0.3, 0.4) is 0 Å². The summed E-state index contributed by atoms with van der Waals surface area (Å²) in [5.74, 6) is -2.16. The summed E-state index contributed by atoms with van der Waals surface area (Å²) in [4.78, 5) is 36.1. The van der Waals surface area contributed by atoms with E-state index in [9.17, 15) is 32.5 Å². The Morgan fingerprint density at radius 1 is 1.05 bits per heavy atom. The van der Waals surface area contributed by atoms with Crippen molar-refractivity contribution in [2.24, 2.45) is 0 Å². The zero-order valence-corrected chi connectivity index (χ0v) is 20.3. The number of nitro benzene ring substituents is 1. The van der Waals surface area contributed by atoms with Gasteiger partial charge < -0.3 is 9.15 Å². The molecule has 0 aliphatic carbocycles. The molecule has 4 aromatic rings. The molecule has 0 aliphatic heterocycles. The van der Waals surface area contributed by atoms with Crippen LogP contribution in [0.15, 0.2) is 76.0 Å². The first-order chi connectivity index (χ1) is 17.5. The van der Waals surface area contributed by atoms with Gasteiger partial charge in [-0.1, -0.05) is 0 Å². The van der Waals surface area contributed by atoms with E-state index in [1.54, 1.807) is 13.8 Å². The first kappa shape index (κ1) is 25.5. The van der Waals surface area contributed by atoms with Crippen LogP contribution in [0, 0.1) is 22.9 Å². The highest BCUT2D eigenvalue weighted by molar-refractivity contribution is 7.93. The molecule has 1 amide bonds. The number of aryl methyl sites for hydroxylation is 1. The third-order valence-electron chi connectivity index (χ3n) is 5.42. The highest BCUT2D eigenvalue weighted by atomic mass is 32.2. The van der Waals surface area contributed by atoms with Crippen molar-refractivity contribution in [1.29, 1.82) is 0 Å². The van der Waals surface area contributed by atoms with Gasteiger partial charge in [0.1, 0.15) is 22.7 Å². The van der Waals surface area contributed by atoms with E-state index in [4.69, 9.17) is 9.15 Å². The molecule has 3 aromatic carbocycles. The Bertz CT molecular complexity index is 1630. The number of ether oxygens (including phenoxy) is 1. The van der Waals surface area contributed by atoms with E-state index < -0.39 is 32.6 Å². The smallest absolute Gasteiger partial charge is 0.342 e. The number of fused-ring (bicyclic) bond motifs is 1. The molecular weight excluding hydrogens is 507 g/mol. The van der Waals surface area contributed by atoms with Crippen molar-refractivity contribution in [1.82, 2.24) is 0 Å². The predicted molar refractivity (Wildman–Crippen MR) is 130 cm³/mol. The zero-order chi connectivity index (χ0) is 26.9. The van der Waals surface area contributed by atoms with Crippen LogP contribution in [0.2, 0.25) is 0 Å². The van der Waals surface area contributed by atoms with Crippen LogP contribution in [0.25, 0.3) is 11.0 Å². The van der Waals surface area contributed by atoms with Gasteiger partial charge >= 0.3 is 5.97 Å². The number of halogens is 1. The largest absolute Gasteiger partial charge is 0.462 e. The number of benzene rings is 3. The molecule has 1 heterocycles. The van der Waals surface area contributed by atoms with Crippen molar-refractivity contribution in [3.63, 3.8) is 0 Å². The zero-order valence-electron chi connectivity index (χ0n) is 19.5. The molecule has 10 nitrogen and oxygen atoms in total. The van der Waals surface area contributed by atoms with Gasteiger partial charge in [0, 0.05) is 23.1 Å². The van der Waals surface area contributed by atoms with Gasteiger partial charge in [-0.25, -0.2) is 17.6 Å². The Kier molecular flexibility index (Phi) is 6.77. The lowest BCUT2D eigenvalue weighted by atomic mass is 10.1. The molecule has 1 aromatic heterocycles. The first-order valence-electron chi connectivity index (χ1n) is 10.8. The molecule has 0 saturated carbocycles. The summed E-state index contributed by atoms with van der Waals surface area (Å²) in [6.07, 6.45) is 0. The van der Waals surface area contributed by atoms with Crippen molar-refractivity contribution in [2.75, 3.05) is 10.9 Å². The van der Waals surface area contributed by atoms with Gasteiger partial charge in [-0.2, -0.15) is 4.31 Å². The third-order valence-corrected chi connectivity index (χ3v) is 7.15. The van der Waals surface area contributed by atoms with Gasteiger partial charge in [0.05, 0.1) is 22.1 Å². The minimum atomic E-state index is -4.61. The lowest BCUT2D eigenvalue weighted by Gasteiger charge is -2.23. The van der Waals surface area contributed by atoms with Gasteiger partial charge in [0.15, 0.2) is 0 Å². The fourth-order valence-corrected chi connectivity index (χ4v) is 5.12. The van der Waals surface area contributed by atoms with Crippen LogP contribution >= 0.6 is 0 Å². The van der Waals surface area contributed by atoms with Crippen LogP contribution in [-0.4, -0.2) is 31.8 Å². The molecule has 0 bridgehead atoms. The molecule has 0 fully saturated rings. The van der Waals surface area contributed by atoms with Crippen molar-refractivity contribution in [3.8, 4) is 0 Å². The number of carbonyl (C=O) groups is 2. The third kappa shape index (κ3) is 4.78. The Morgan fingerprint density at radius 3 is 2.30 bits per heavy atom. The monoisotopic (exact) mass is 526 g/mol. The lowest BCUT2D eigenvalue weighted by Crippen LogP contribution is -2.37. The van der Waals surface area contributed by atoms with Crippen LogP contribution in [0.4, 0.5) is 15.8 Å². The van der Waals surface area contributed by atoms with E-state index in [1.165, 1.54) is 18.2 Å². The number of hydrogen-bond donors (Lipinski definition) is 0. The number of rotatable bonds is 7. The molecule has 37 heavy (non-hydrogen) atoms. The number of hydrogen-bond acceptors (Lipinski definition) is 8. The average molecular weight is 526 g/mol. The van der Waals surface area contributed by atoms with Gasteiger partial charge in [-0.3, -0.25) is 14.9 Å². The van der Waals surface area contributed by atoms with Crippen LogP contribution in [0.5, 0.6) is 0 Å². The SMILES string of the molecule is CCOC(=O)c1c(C)oc2ccc(N(C(=O)c3ccc([N+](=O)[O-])cc3)S(=O)(=O)c3ccc(F)cc3)cc12. The summed E-state index contributed by atoms with van der Waals surface area (Å²) in [6.45, 7) is 3.26. The fraction of sp³-hybridized carbons (Fsp3) is 0.120. The van der Waals surface area contributed by atoms with Crippen LogP contribution in [0.1, 0.15) is 33.4 Å². The quantitative estimate of drug-likeness (QED) is 0.186. The van der Waals surface area contributed by atoms with Crippen molar-refractivity contribution in [3.05, 3.63) is 99.5 Å². The summed E-state index contributed by atoms with van der Waals surface area (Å²) in [7, 11) is -4.61. The molecule has 0 spiro atoms. The van der Waals surface area contributed by atoms with Crippen LogP contribution < -0.4 is 4.31 Å². The van der Waals surface area contributed by atoms with Gasteiger partial charge in [0.25, 0.3) is 21.6 Å². The van der Waals surface area contributed by atoms with E-state index >= 15 is 0 Å². The number of amides is 1. The van der Waals surface area contributed by atoms with Crippen molar-refractivity contribution in [2.45, 2.75) is 18.7 Å². The number of furan rings is 1. The normalized spacial score (nSPS) is 11.3. The van der Waals surface area contributed by atoms with Gasteiger partial charge in [-0.05, 0) is 68.4 Å². The Labute approximate surface area is 210 Å². The van der Waals surface area contributed by atoms with E-state index in [0.29, 0.717) is 4.31 Å². The number of nitro groups is 1. The number of non-ortho nitro benzene ring substituents is 1. The van der Waals surface area contributed by atoms with Gasteiger partial charge in [-0.15, -0.1) is 0 Å². The van der Waals surface area contributed by atoms with E-state index in [1.807, 2.05) is 0 Å². The average Bonchev–Trinajstić information content (AvgIpc) is 3.19. The molecular formula is C25H19FN2O8S. The standard InChI is InChI=1S/C25H19FN2O8S/c1-3-35-25(30)23-15(2)36-22-13-10-19(14-21(22)23)27(37(33,34)20-11-6-17(26)7-12-20)24(29)16-4-8-18(9-5-16)28(31)32/h4-14H,3H2,1-2H3. The molecule has 0 N–H and O–H groups in total. The van der Waals surface area contributed by atoms with Crippen molar-refractivity contribution >= 4 is 44.2 Å². The topological polar surface area (TPSA) is 137 Å². The number of anilines is 1. The second-order valence-electron chi connectivity index (χ2n) is 7.77. The van der Waals surface area contributed by atoms with Crippen molar-refractivity contribution < 1.29 is 36.5 Å². The van der Waals surface area contributed by atoms with Crippen LogP contribution in [-0.2, 0) is 14.8 Å². The Hall–Kier alpha value is -4.58. The minimum absolute atomic E-state index is 0.0700. The molecule has 0 aliphatic rings. The molecule has 4 rings (SSSR count). The summed E-state index contributed by atoms with van der Waals surface area (Å²) in [5.41, 5.74) is -0.275. The molecule has 0 radical (unpaired) electrons. The lowest BCUT2D eigenvalue weighted by molar-refractivity contribution is -0.384. The highest BCUT2D eigenvalue weighted by Gasteiger charge is 2.33. The maximum Gasteiger partial charge on any atom is 0.342 e. The first-order valence-corrected chi connectivity index (χ1v) is 12.3. The van der Waals surface area contributed by atoms with E-state index in [2.05, 4.69) is 0 Å². The summed E-state index contributed by atoms with van der Waals surface area (Å²) >= 11 is 0. The van der Waals surface area contributed by atoms with E-state index in [0.717, 1.165) is 48.5 Å². The second kappa shape index (κ2) is 9.82. The maximum atomic E-state index is 13.7. The number of carbonyl (C=O) groups excluding carboxylic acids is 2. The Balaban J connectivity index is 1.92. The molecule has 0 unspecified atom stereocenters. The second-order valence-corrected chi connectivity index (χ2v) is 9.55. The maximum absolute atomic E-state index is 13.7. The summed E-state index contributed by atoms with van der Waals surface area (Å²) in [6, 6.07) is 12.3. The predicted octanol–water partition coefficient (Wildman–Crippen LogP) is 5.00. The minimum Gasteiger partial charge on any atom is -0.462 e. The number of nitrogens with zero attached hydrogens (tertiary/aromatic N) is 2. The van der Waals surface area contributed by atoms with Gasteiger partial charge in [0.2, 0.25) is 0 Å². The highest BCUT2D eigenvalue weighted by Crippen LogP contribution is 2.33. The number of sulfonamides is 1. The molecule has 0 atom stereocenters. The molecule has 12 heteroatoms. The van der Waals surface area contributed by atoms with E-state index in [-0.39, 0.29) is 50.7 Å².